The first kappa shape index (κ1) is 20.3. The van der Waals surface area contributed by atoms with Crippen LogP contribution in [-0.2, 0) is 18.3 Å². The van der Waals surface area contributed by atoms with Crippen LogP contribution < -0.4 is 14.8 Å². The number of phenols is 1. The molecule has 3 rings (SSSR count). The first-order valence-corrected chi connectivity index (χ1v) is 9.28. The fourth-order valence-electron chi connectivity index (χ4n) is 3.15. The number of carbonyl (C=O) groups is 1. The van der Waals surface area contributed by atoms with Gasteiger partial charge in [-0.25, -0.2) is 4.98 Å². The van der Waals surface area contributed by atoms with Gasteiger partial charge in [0.05, 0.1) is 14.2 Å². The molecule has 1 aromatic heterocycles. The van der Waals surface area contributed by atoms with Crippen LogP contribution in [0.2, 0.25) is 0 Å². The van der Waals surface area contributed by atoms with Gasteiger partial charge in [0, 0.05) is 31.9 Å². The molecule has 2 aromatic carbocycles. The highest BCUT2D eigenvalue weighted by Gasteiger charge is 2.22. The van der Waals surface area contributed by atoms with Crippen molar-refractivity contribution >= 4 is 5.91 Å². The van der Waals surface area contributed by atoms with Crippen LogP contribution >= 0.6 is 0 Å². The maximum Gasteiger partial charge on any atom is 0.221 e. The predicted octanol–water partition coefficient (Wildman–Crippen LogP) is 2.98. The summed E-state index contributed by atoms with van der Waals surface area (Å²) < 4.78 is 12.6. The van der Waals surface area contributed by atoms with Crippen molar-refractivity contribution < 1.29 is 19.4 Å². The van der Waals surface area contributed by atoms with Crippen molar-refractivity contribution in [1.82, 2.24) is 14.9 Å². The zero-order valence-corrected chi connectivity index (χ0v) is 16.8. The van der Waals surface area contributed by atoms with E-state index in [0.29, 0.717) is 23.7 Å². The smallest absolute Gasteiger partial charge is 0.221 e. The van der Waals surface area contributed by atoms with Gasteiger partial charge in [-0.05, 0) is 35.7 Å². The molecule has 0 bridgehead atoms. The Morgan fingerprint density at radius 3 is 2.45 bits per heavy atom. The van der Waals surface area contributed by atoms with Crippen molar-refractivity contribution in [3.8, 4) is 17.2 Å². The number of amides is 1. The van der Waals surface area contributed by atoms with Crippen molar-refractivity contribution in [2.75, 3.05) is 14.2 Å². The van der Waals surface area contributed by atoms with Crippen LogP contribution in [0.5, 0.6) is 17.2 Å². The maximum atomic E-state index is 12.7. The highest BCUT2D eigenvalue weighted by atomic mass is 16.5. The molecule has 2 N–H and O–H groups in total. The largest absolute Gasteiger partial charge is 0.508 e. The zero-order valence-electron chi connectivity index (χ0n) is 16.8. The lowest BCUT2D eigenvalue weighted by Crippen LogP contribution is -2.31. The summed E-state index contributed by atoms with van der Waals surface area (Å²) in [5, 5.41) is 13.0. The van der Waals surface area contributed by atoms with E-state index in [-0.39, 0.29) is 18.1 Å². The average molecular weight is 395 g/mol. The minimum Gasteiger partial charge on any atom is -0.508 e. The molecular weight excluding hydrogens is 370 g/mol. The number of aromatic hydroxyl groups is 1. The summed E-state index contributed by atoms with van der Waals surface area (Å²) in [6, 6.07) is 12.0. The van der Waals surface area contributed by atoms with Gasteiger partial charge in [-0.2, -0.15) is 0 Å². The van der Waals surface area contributed by atoms with Crippen LogP contribution in [0, 0.1) is 0 Å². The number of ether oxygens (including phenoxy) is 2. The maximum absolute atomic E-state index is 12.7. The van der Waals surface area contributed by atoms with Gasteiger partial charge < -0.3 is 24.5 Å². The Kier molecular flexibility index (Phi) is 6.39. The number of phenolic OH excluding ortho intramolecular Hbond substituents is 1. The zero-order chi connectivity index (χ0) is 20.8. The molecule has 7 heteroatoms. The average Bonchev–Trinajstić information content (AvgIpc) is 3.16. The number of imidazole rings is 1. The molecule has 1 atom stereocenters. The van der Waals surface area contributed by atoms with E-state index in [1.54, 1.807) is 38.6 Å². The topological polar surface area (TPSA) is 85.6 Å². The molecule has 152 valence electrons. The van der Waals surface area contributed by atoms with Crippen LogP contribution in [-0.4, -0.2) is 34.8 Å². The number of aryl methyl sites for hydroxylation is 2. The van der Waals surface area contributed by atoms with Gasteiger partial charge >= 0.3 is 0 Å². The monoisotopic (exact) mass is 395 g/mol. The van der Waals surface area contributed by atoms with Crippen molar-refractivity contribution in [3.05, 3.63) is 71.8 Å². The first-order valence-electron chi connectivity index (χ1n) is 9.28. The third-order valence-corrected chi connectivity index (χ3v) is 4.74. The van der Waals surface area contributed by atoms with Gasteiger partial charge in [0.15, 0.2) is 0 Å². The summed E-state index contributed by atoms with van der Waals surface area (Å²) in [6.07, 6.45) is 4.19. The minimum absolute atomic E-state index is 0.150. The van der Waals surface area contributed by atoms with Crippen molar-refractivity contribution in [2.24, 2.45) is 7.05 Å². The standard InChI is InChI=1S/C22H25N3O4/c1-25-11-10-23-22(25)21(16-12-17(28-2)14-18(13-16)29-3)24-20(27)9-8-15-6-4-5-7-19(15)26/h4-7,10-14,21,26H,8-9H2,1-3H3,(H,24,27). The molecule has 0 aliphatic rings. The second-order valence-electron chi connectivity index (χ2n) is 6.67. The Hall–Kier alpha value is -3.48. The molecule has 0 spiro atoms. The normalized spacial score (nSPS) is 11.7. The number of carbonyl (C=O) groups excluding carboxylic acids is 1. The van der Waals surface area contributed by atoms with Gasteiger partial charge in [-0.1, -0.05) is 18.2 Å². The van der Waals surface area contributed by atoms with E-state index in [0.717, 1.165) is 11.1 Å². The fourth-order valence-corrected chi connectivity index (χ4v) is 3.15. The molecule has 1 heterocycles. The van der Waals surface area contributed by atoms with E-state index < -0.39 is 6.04 Å². The molecule has 0 aliphatic carbocycles. The summed E-state index contributed by atoms with van der Waals surface area (Å²) in [5.41, 5.74) is 1.53. The molecule has 3 aromatic rings. The third-order valence-electron chi connectivity index (χ3n) is 4.74. The number of hydrogen-bond donors (Lipinski definition) is 2. The molecule has 0 radical (unpaired) electrons. The quantitative estimate of drug-likeness (QED) is 0.612. The lowest BCUT2D eigenvalue weighted by molar-refractivity contribution is -0.121. The van der Waals surface area contributed by atoms with Gasteiger partial charge in [0.1, 0.15) is 29.1 Å². The molecule has 7 nitrogen and oxygen atoms in total. The fraction of sp³-hybridized carbons (Fsp3) is 0.273. The number of para-hydroxylation sites is 1. The number of nitrogens with zero attached hydrogens (tertiary/aromatic N) is 2. The number of nitrogens with one attached hydrogen (secondary N) is 1. The van der Waals surface area contributed by atoms with E-state index in [1.165, 1.54) is 0 Å². The summed E-state index contributed by atoms with van der Waals surface area (Å²) in [7, 11) is 5.04. The van der Waals surface area contributed by atoms with Gasteiger partial charge in [-0.3, -0.25) is 4.79 Å². The Labute approximate surface area is 169 Å². The van der Waals surface area contributed by atoms with Crippen LogP contribution in [0.25, 0.3) is 0 Å². The minimum atomic E-state index is -0.476. The third kappa shape index (κ3) is 4.87. The Bertz CT molecular complexity index is 961. The van der Waals surface area contributed by atoms with E-state index in [2.05, 4.69) is 10.3 Å². The van der Waals surface area contributed by atoms with E-state index in [9.17, 15) is 9.90 Å². The van der Waals surface area contributed by atoms with Gasteiger partial charge in [0.2, 0.25) is 5.91 Å². The lowest BCUT2D eigenvalue weighted by atomic mass is 10.0. The van der Waals surface area contributed by atoms with Crippen molar-refractivity contribution in [2.45, 2.75) is 18.9 Å². The number of rotatable bonds is 8. The molecule has 0 fully saturated rings. The highest BCUT2D eigenvalue weighted by Crippen LogP contribution is 2.29. The summed E-state index contributed by atoms with van der Waals surface area (Å²) >= 11 is 0. The SMILES string of the molecule is COc1cc(OC)cc(C(NC(=O)CCc2ccccc2O)c2nccn2C)c1. The molecule has 0 saturated carbocycles. The number of benzene rings is 2. The van der Waals surface area contributed by atoms with Crippen LogP contribution in [0.1, 0.15) is 29.4 Å². The summed E-state index contributed by atoms with van der Waals surface area (Å²) in [6.45, 7) is 0. The molecule has 1 unspecified atom stereocenters. The molecule has 1 amide bonds. The molecule has 0 saturated heterocycles. The predicted molar refractivity (Wildman–Crippen MR) is 109 cm³/mol. The van der Waals surface area contributed by atoms with Gasteiger partial charge in [-0.15, -0.1) is 0 Å². The Morgan fingerprint density at radius 1 is 1.17 bits per heavy atom. The lowest BCUT2D eigenvalue weighted by Gasteiger charge is -2.20. The van der Waals surface area contributed by atoms with E-state index >= 15 is 0 Å². The van der Waals surface area contributed by atoms with Crippen molar-refractivity contribution in [3.63, 3.8) is 0 Å². The number of methoxy groups -OCH3 is 2. The van der Waals surface area contributed by atoms with Crippen molar-refractivity contribution in [1.29, 1.82) is 0 Å². The van der Waals surface area contributed by atoms with E-state index in [1.807, 2.05) is 42.1 Å². The molecule has 0 aliphatic heterocycles. The Balaban J connectivity index is 1.84. The summed E-state index contributed by atoms with van der Waals surface area (Å²) in [5.74, 6) is 1.99. The second kappa shape index (κ2) is 9.14. The number of hydrogen-bond acceptors (Lipinski definition) is 5. The first-order chi connectivity index (χ1) is 14.0. The summed E-state index contributed by atoms with van der Waals surface area (Å²) in [4.78, 5) is 17.2. The molecule has 29 heavy (non-hydrogen) atoms. The van der Waals surface area contributed by atoms with Crippen LogP contribution in [0.3, 0.4) is 0 Å². The van der Waals surface area contributed by atoms with Crippen LogP contribution in [0.15, 0.2) is 54.9 Å². The van der Waals surface area contributed by atoms with E-state index in [4.69, 9.17) is 9.47 Å². The second-order valence-corrected chi connectivity index (χ2v) is 6.67. The number of aromatic nitrogens is 2. The van der Waals surface area contributed by atoms with Crippen LogP contribution in [0.4, 0.5) is 0 Å². The Morgan fingerprint density at radius 2 is 1.86 bits per heavy atom. The van der Waals surface area contributed by atoms with Gasteiger partial charge in [0.25, 0.3) is 0 Å². The highest BCUT2D eigenvalue weighted by molar-refractivity contribution is 5.77. The molecular formula is C22H25N3O4.